The second kappa shape index (κ2) is 11.4. The third-order valence-electron chi connectivity index (χ3n) is 11.3. The second-order valence-corrected chi connectivity index (χ2v) is 14.4. The van der Waals surface area contributed by atoms with Gasteiger partial charge in [0.15, 0.2) is 0 Å². The summed E-state index contributed by atoms with van der Waals surface area (Å²) in [6, 6.07) is 67.2. The number of hydrogen-bond acceptors (Lipinski definition) is 0. The Morgan fingerprint density at radius 2 is 0.706 bits per heavy atom. The largest absolute Gasteiger partial charge is 0.0622 e. The van der Waals surface area contributed by atoms with Gasteiger partial charge in [0.1, 0.15) is 0 Å². The van der Waals surface area contributed by atoms with E-state index in [2.05, 4.69) is 196 Å². The summed E-state index contributed by atoms with van der Waals surface area (Å²) < 4.78 is 0. The predicted octanol–water partition coefficient (Wildman–Crippen LogP) is 14.1. The lowest BCUT2D eigenvalue weighted by Crippen LogP contribution is -2.15. The average molecular weight is 649 g/mol. The predicted molar refractivity (Wildman–Crippen MR) is 218 cm³/mol. The monoisotopic (exact) mass is 648 g/mol. The Hall–Kier alpha value is -6.24. The summed E-state index contributed by atoms with van der Waals surface area (Å²) in [6.45, 7) is 4.74. The molecular formula is C51H36. The van der Waals surface area contributed by atoms with E-state index in [1.165, 1.54) is 99.1 Å². The molecule has 0 atom stereocenters. The van der Waals surface area contributed by atoms with Crippen molar-refractivity contribution in [2.75, 3.05) is 0 Å². The fourth-order valence-corrected chi connectivity index (χ4v) is 8.91. The molecule has 240 valence electrons. The molecule has 0 saturated heterocycles. The van der Waals surface area contributed by atoms with E-state index >= 15 is 0 Å². The molecule has 0 fully saturated rings. The number of rotatable bonds is 4. The smallest absolute Gasteiger partial charge is 0.0159 e. The molecule has 0 nitrogen and oxygen atoms in total. The first-order valence-electron chi connectivity index (χ1n) is 17.9. The Balaban J connectivity index is 1.17. The topological polar surface area (TPSA) is 0 Å². The molecule has 0 unspecified atom stereocenters. The second-order valence-electron chi connectivity index (χ2n) is 14.4. The zero-order valence-corrected chi connectivity index (χ0v) is 28.8. The summed E-state index contributed by atoms with van der Waals surface area (Å²) in [4.78, 5) is 0. The van der Waals surface area contributed by atoms with Crippen LogP contribution in [-0.2, 0) is 5.41 Å². The van der Waals surface area contributed by atoms with Crippen LogP contribution in [-0.4, -0.2) is 0 Å². The first kappa shape index (κ1) is 29.7. The van der Waals surface area contributed by atoms with Crippen LogP contribution in [0.2, 0.25) is 0 Å². The molecule has 1 aliphatic rings. The molecule has 9 aromatic carbocycles. The van der Waals surface area contributed by atoms with Crippen molar-refractivity contribution < 1.29 is 0 Å². The molecule has 1 aliphatic carbocycles. The Morgan fingerprint density at radius 1 is 0.275 bits per heavy atom. The van der Waals surface area contributed by atoms with Crippen molar-refractivity contribution in [3.8, 4) is 55.6 Å². The molecule has 0 saturated carbocycles. The van der Waals surface area contributed by atoms with Gasteiger partial charge in [0.05, 0.1) is 0 Å². The van der Waals surface area contributed by atoms with Gasteiger partial charge in [-0.3, -0.25) is 0 Å². The van der Waals surface area contributed by atoms with Crippen LogP contribution in [0, 0.1) is 0 Å². The lowest BCUT2D eigenvalue weighted by Gasteiger charge is -2.23. The van der Waals surface area contributed by atoms with Crippen molar-refractivity contribution >= 4 is 32.3 Å². The highest BCUT2D eigenvalue weighted by molar-refractivity contribution is 6.22. The van der Waals surface area contributed by atoms with E-state index in [4.69, 9.17) is 0 Å². The van der Waals surface area contributed by atoms with Crippen molar-refractivity contribution in [1.29, 1.82) is 0 Å². The van der Waals surface area contributed by atoms with Gasteiger partial charge < -0.3 is 0 Å². The summed E-state index contributed by atoms with van der Waals surface area (Å²) in [5, 5.41) is 7.70. The zero-order chi connectivity index (χ0) is 34.1. The fourth-order valence-electron chi connectivity index (χ4n) is 8.91. The van der Waals surface area contributed by atoms with Crippen LogP contribution < -0.4 is 0 Å². The normalized spacial score (nSPS) is 13.1. The van der Waals surface area contributed by atoms with Crippen LogP contribution in [0.1, 0.15) is 25.0 Å². The molecule has 0 radical (unpaired) electrons. The van der Waals surface area contributed by atoms with Crippen LogP contribution in [0.3, 0.4) is 0 Å². The highest BCUT2D eigenvalue weighted by Crippen LogP contribution is 2.53. The fraction of sp³-hybridized carbons (Fsp3) is 0.0588. The van der Waals surface area contributed by atoms with Crippen LogP contribution >= 0.6 is 0 Å². The molecule has 0 spiro atoms. The lowest BCUT2D eigenvalue weighted by atomic mass is 9.80. The van der Waals surface area contributed by atoms with Crippen molar-refractivity contribution in [3.63, 3.8) is 0 Å². The van der Waals surface area contributed by atoms with Crippen LogP contribution in [0.25, 0.3) is 88.0 Å². The van der Waals surface area contributed by atoms with Crippen LogP contribution in [0.5, 0.6) is 0 Å². The minimum absolute atomic E-state index is 0.0661. The van der Waals surface area contributed by atoms with Gasteiger partial charge in [-0.1, -0.05) is 190 Å². The molecule has 0 heteroatoms. The molecule has 0 amide bonds. The quantitative estimate of drug-likeness (QED) is 0.167. The zero-order valence-electron chi connectivity index (χ0n) is 28.8. The number of benzene rings is 9. The van der Waals surface area contributed by atoms with Gasteiger partial charge in [-0.05, 0) is 105 Å². The highest BCUT2D eigenvalue weighted by Gasteiger charge is 2.37. The Bertz CT molecular complexity index is 2740. The Morgan fingerprint density at radius 3 is 1.33 bits per heavy atom. The van der Waals surface area contributed by atoms with E-state index in [0.717, 1.165) is 0 Å². The first-order chi connectivity index (χ1) is 25.1. The van der Waals surface area contributed by atoms with Gasteiger partial charge in [0, 0.05) is 5.41 Å². The van der Waals surface area contributed by atoms with Gasteiger partial charge in [0.2, 0.25) is 0 Å². The van der Waals surface area contributed by atoms with Crippen molar-refractivity contribution in [1.82, 2.24) is 0 Å². The van der Waals surface area contributed by atoms with E-state index in [9.17, 15) is 0 Å². The minimum atomic E-state index is -0.0661. The lowest BCUT2D eigenvalue weighted by molar-refractivity contribution is 0.661. The van der Waals surface area contributed by atoms with Crippen molar-refractivity contribution in [2.24, 2.45) is 0 Å². The maximum atomic E-state index is 2.47. The van der Waals surface area contributed by atoms with Gasteiger partial charge in [-0.2, -0.15) is 0 Å². The number of fused-ring (bicyclic) bond motifs is 7. The summed E-state index contributed by atoms with van der Waals surface area (Å²) >= 11 is 0. The first-order valence-corrected chi connectivity index (χ1v) is 17.9. The van der Waals surface area contributed by atoms with Crippen LogP contribution in [0.4, 0.5) is 0 Å². The van der Waals surface area contributed by atoms with Crippen molar-refractivity contribution in [3.05, 3.63) is 193 Å². The SMILES string of the molecule is CC1(C)c2ccccc2-c2c1cc(-c1ccc(-c3c4ccccc4c(-c4ccccc4-c4ccccc4)c4ccccc34)cc1)c1ccccc21. The minimum Gasteiger partial charge on any atom is -0.0622 e. The van der Waals surface area contributed by atoms with E-state index in [1.807, 2.05) is 0 Å². The molecule has 0 aromatic heterocycles. The third kappa shape index (κ3) is 4.46. The summed E-state index contributed by atoms with van der Waals surface area (Å²) in [6.07, 6.45) is 0. The summed E-state index contributed by atoms with van der Waals surface area (Å²) in [5.74, 6) is 0. The van der Waals surface area contributed by atoms with Gasteiger partial charge >= 0.3 is 0 Å². The number of hydrogen-bond donors (Lipinski definition) is 0. The van der Waals surface area contributed by atoms with E-state index in [0.29, 0.717) is 0 Å². The molecule has 51 heavy (non-hydrogen) atoms. The standard InChI is InChI=1S/C51H36/c1-51(2)46-27-15-14-26-44(46)50-39-21-9-7-19-37(39)45(32-47(50)51)34-28-30-35(31-29-34)48-40-22-10-12-24-42(40)49(43-25-13-11-23-41(43)48)38-20-8-6-18-36(38)33-16-4-3-5-17-33/h3-32H,1-2H3. The summed E-state index contributed by atoms with van der Waals surface area (Å²) in [7, 11) is 0. The Kier molecular flexibility index (Phi) is 6.63. The average Bonchev–Trinajstić information content (AvgIpc) is 3.43. The molecule has 0 aliphatic heterocycles. The summed E-state index contributed by atoms with van der Waals surface area (Å²) in [5.41, 5.74) is 15.6. The highest BCUT2D eigenvalue weighted by atomic mass is 14.4. The Labute approximate surface area is 299 Å². The van der Waals surface area contributed by atoms with E-state index in [1.54, 1.807) is 0 Å². The van der Waals surface area contributed by atoms with Gasteiger partial charge in [-0.25, -0.2) is 0 Å². The maximum absolute atomic E-state index is 2.47. The third-order valence-corrected chi connectivity index (χ3v) is 11.3. The van der Waals surface area contributed by atoms with Crippen molar-refractivity contribution in [2.45, 2.75) is 19.3 Å². The molecule has 0 heterocycles. The molecule has 0 bridgehead atoms. The molecule has 9 aromatic rings. The van der Waals surface area contributed by atoms with E-state index < -0.39 is 0 Å². The molecule has 0 N–H and O–H groups in total. The molecular weight excluding hydrogens is 613 g/mol. The maximum Gasteiger partial charge on any atom is 0.0159 e. The van der Waals surface area contributed by atoms with Crippen LogP contribution in [0.15, 0.2) is 182 Å². The van der Waals surface area contributed by atoms with Gasteiger partial charge in [-0.15, -0.1) is 0 Å². The van der Waals surface area contributed by atoms with Gasteiger partial charge in [0.25, 0.3) is 0 Å². The van der Waals surface area contributed by atoms with E-state index in [-0.39, 0.29) is 5.41 Å². The molecule has 10 rings (SSSR count).